The van der Waals surface area contributed by atoms with E-state index in [1.807, 2.05) is 26.0 Å². The second-order valence-corrected chi connectivity index (χ2v) is 5.71. The molecule has 2 rings (SSSR count). The van der Waals surface area contributed by atoms with Crippen molar-refractivity contribution in [1.29, 1.82) is 0 Å². The molecule has 2 aromatic carbocycles. The molecule has 0 saturated carbocycles. The van der Waals surface area contributed by atoms with Gasteiger partial charge in [0.05, 0.1) is 14.2 Å². The third kappa shape index (κ3) is 4.99. The maximum atomic E-state index is 12.2. The highest BCUT2D eigenvalue weighted by molar-refractivity contribution is 5.98. The first-order valence-electron chi connectivity index (χ1n) is 8.05. The van der Waals surface area contributed by atoms with Gasteiger partial charge in [-0.2, -0.15) is 0 Å². The maximum absolute atomic E-state index is 12.2. The fourth-order valence-corrected chi connectivity index (χ4v) is 2.38. The quantitative estimate of drug-likeness (QED) is 0.533. The molecule has 0 radical (unpaired) electrons. The number of ketones is 1. The summed E-state index contributed by atoms with van der Waals surface area (Å²) in [7, 11) is 2.99. The second-order valence-electron chi connectivity index (χ2n) is 5.71. The number of methoxy groups -OCH3 is 2. The fraction of sp³-hybridized carbons (Fsp3) is 0.300. The lowest BCUT2D eigenvalue weighted by Gasteiger charge is -2.10. The Balaban J connectivity index is 1.87. The number of hydrogen-bond acceptors (Lipinski definition) is 6. The average molecular weight is 358 g/mol. The number of ether oxygens (including phenoxy) is 4. The molecule has 138 valence electrons. The third-order valence-corrected chi connectivity index (χ3v) is 3.75. The van der Waals surface area contributed by atoms with Crippen LogP contribution in [0.3, 0.4) is 0 Å². The molecule has 0 bridgehead atoms. The molecule has 0 aliphatic heterocycles. The number of benzene rings is 2. The second kappa shape index (κ2) is 8.89. The van der Waals surface area contributed by atoms with Crippen LogP contribution in [-0.4, -0.2) is 39.2 Å². The van der Waals surface area contributed by atoms with Gasteiger partial charge in [0.15, 0.2) is 30.5 Å². The van der Waals surface area contributed by atoms with E-state index in [1.54, 1.807) is 24.3 Å². The molecule has 0 amide bonds. The van der Waals surface area contributed by atoms with Gasteiger partial charge in [0.2, 0.25) is 0 Å². The molecule has 0 aliphatic carbocycles. The topological polar surface area (TPSA) is 71.1 Å². The van der Waals surface area contributed by atoms with E-state index in [9.17, 15) is 9.59 Å². The van der Waals surface area contributed by atoms with Crippen molar-refractivity contribution in [3.63, 3.8) is 0 Å². The Kier molecular flexibility index (Phi) is 6.60. The van der Waals surface area contributed by atoms with E-state index in [-0.39, 0.29) is 19.0 Å². The number of aryl methyl sites for hydroxylation is 2. The van der Waals surface area contributed by atoms with Gasteiger partial charge in [-0.25, -0.2) is 4.79 Å². The Bertz CT molecular complexity index is 797. The first-order chi connectivity index (χ1) is 12.4. The van der Waals surface area contributed by atoms with Gasteiger partial charge in [-0.3, -0.25) is 4.79 Å². The van der Waals surface area contributed by atoms with E-state index in [1.165, 1.54) is 14.2 Å². The predicted octanol–water partition coefficient (Wildman–Crippen LogP) is 3.13. The zero-order valence-corrected chi connectivity index (χ0v) is 15.3. The minimum atomic E-state index is -0.612. The molecule has 0 aromatic heterocycles. The molecule has 0 atom stereocenters. The van der Waals surface area contributed by atoms with Crippen molar-refractivity contribution >= 4 is 11.8 Å². The lowest BCUT2D eigenvalue weighted by molar-refractivity contribution is -0.144. The minimum Gasteiger partial charge on any atom is -0.493 e. The monoisotopic (exact) mass is 358 g/mol. The maximum Gasteiger partial charge on any atom is 0.344 e. The van der Waals surface area contributed by atoms with Crippen molar-refractivity contribution in [2.45, 2.75) is 13.8 Å². The van der Waals surface area contributed by atoms with Crippen LogP contribution in [-0.2, 0) is 9.53 Å². The number of Topliss-reactive ketones (excluding diaryl/α,β-unsaturated/α-hetero) is 1. The predicted molar refractivity (Wildman–Crippen MR) is 96.2 cm³/mol. The number of rotatable bonds is 8. The molecule has 6 heteroatoms. The molecule has 0 heterocycles. The lowest BCUT2D eigenvalue weighted by Crippen LogP contribution is -2.19. The molecule has 0 fully saturated rings. The molecule has 6 nitrogen and oxygen atoms in total. The molecule has 0 N–H and O–H groups in total. The van der Waals surface area contributed by atoms with Crippen molar-refractivity contribution < 1.29 is 28.5 Å². The van der Waals surface area contributed by atoms with Crippen molar-refractivity contribution in [3.8, 4) is 17.2 Å². The number of carbonyl (C=O) groups is 2. The van der Waals surface area contributed by atoms with Crippen LogP contribution in [0.15, 0.2) is 36.4 Å². The molecule has 0 saturated heterocycles. The lowest BCUT2D eigenvalue weighted by atomic mass is 10.1. The summed E-state index contributed by atoms with van der Waals surface area (Å²) in [5.41, 5.74) is 2.41. The minimum absolute atomic E-state index is 0.261. The first-order valence-corrected chi connectivity index (χ1v) is 8.05. The normalized spacial score (nSPS) is 10.2. The highest BCUT2D eigenvalue weighted by atomic mass is 16.6. The molecular weight excluding hydrogens is 336 g/mol. The molecule has 0 spiro atoms. The zero-order valence-electron chi connectivity index (χ0n) is 15.3. The van der Waals surface area contributed by atoms with Crippen molar-refractivity contribution in [3.05, 3.63) is 53.1 Å². The van der Waals surface area contributed by atoms with Gasteiger partial charge in [0, 0.05) is 5.56 Å². The Labute approximate surface area is 152 Å². The van der Waals surface area contributed by atoms with Crippen molar-refractivity contribution in [1.82, 2.24) is 0 Å². The fourth-order valence-electron chi connectivity index (χ4n) is 2.38. The third-order valence-electron chi connectivity index (χ3n) is 3.75. The summed E-state index contributed by atoms with van der Waals surface area (Å²) in [5, 5.41) is 0. The van der Waals surface area contributed by atoms with Gasteiger partial charge in [-0.15, -0.1) is 0 Å². The van der Waals surface area contributed by atoms with Crippen LogP contribution in [0.25, 0.3) is 0 Å². The van der Waals surface area contributed by atoms with E-state index >= 15 is 0 Å². The first kappa shape index (κ1) is 19.3. The smallest absolute Gasteiger partial charge is 0.344 e. The van der Waals surface area contributed by atoms with E-state index in [4.69, 9.17) is 18.9 Å². The number of esters is 1. The van der Waals surface area contributed by atoms with Crippen LogP contribution in [0.5, 0.6) is 17.2 Å². The highest BCUT2D eigenvalue weighted by Gasteiger charge is 2.14. The van der Waals surface area contributed by atoms with E-state index in [0.29, 0.717) is 22.8 Å². The average Bonchev–Trinajstić information content (AvgIpc) is 2.64. The van der Waals surface area contributed by atoms with Gasteiger partial charge < -0.3 is 18.9 Å². The standard InChI is InChI=1S/C20H22O6/c1-13-5-7-17(14(2)9-13)25-12-20(22)26-11-16(21)15-6-8-18(23-3)19(10-15)24-4/h5-10H,11-12H2,1-4H3. The largest absolute Gasteiger partial charge is 0.493 e. The van der Waals surface area contributed by atoms with Crippen LogP contribution in [0.4, 0.5) is 0 Å². The van der Waals surface area contributed by atoms with Gasteiger partial charge in [0.1, 0.15) is 5.75 Å². The Hall–Kier alpha value is -3.02. The molecule has 0 unspecified atom stereocenters. The van der Waals surface area contributed by atoms with Gasteiger partial charge in [-0.05, 0) is 43.7 Å². The van der Waals surface area contributed by atoms with Crippen molar-refractivity contribution in [2.75, 3.05) is 27.4 Å². The van der Waals surface area contributed by atoms with Crippen LogP contribution in [0.2, 0.25) is 0 Å². The van der Waals surface area contributed by atoms with E-state index in [0.717, 1.165) is 11.1 Å². The van der Waals surface area contributed by atoms with Gasteiger partial charge >= 0.3 is 5.97 Å². The molecule has 0 aliphatic rings. The molecular formula is C20H22O6. The zero-order chi connectivity index (χ0) is 19.1. The van der Waals surface area contributed by atoms with Crippen LogP contribution >= 0.6 is 0 Å². The molecule has 26 heavy (non-hydrogen) atoms. The van der Waals surface area contributed by atoms with E-state index in [2.05, 4.69) is 0 Å². The van der Waals surface area contributed by atoms with Crippen molar-refractivity contribution in [2.24, 2.45) is 0 Å². The molecule has 2 aromatic rings. The summed E-state index contributed by atoms with van der Waals surface area (Å²) in [6, 6.07) is 10.4. The SMILES string of the molecule is COc1ccc(C(=O)COC(=O)COc2ccc(C)cc2C)cc1OC. The van der Waals surface area contributed by atoms with Crippen LogP contribution in [0, 0.1) is 13.8 Å². The van der Waals surface area contributed by atoms with Gasteiger partial charge in [0.25, 0.3) is 0 Å². The summed E-state index contributed by atoms with van der Waals surface area (Å²) >= 11 is 0. The summed E-state index contributed by atoms with van der Waals surface area (Å²) in [6.45, 7) is 3.24. The van der Waals surface area contributed by atoms with E-state index < -0.39 is 5.97 Å². The summed E-state index contributed by atoms with van der Waals surface area (Å²) in [6.07, 6.45) is 0. The summed E-state index contributed by atoms with van der Waals surface area (Å²) in [5.74, 6) is 0.606. The number of carbonyl (C=O) groups excluding carboxylic acids is 2. The summed E-state index contributed by atoms with van der Waals surface area (Å²) in [4.78, 5) is 24.0. The Morgan fingerprint density at radius 1 is 0.846 bits per heavy atom. The summed E-state index contributed by atoms with van der Waals surface area (Å²) < 4.78 is 20.7. The highest BCUT2D eigenvalue weighted by Crippen LogP contribution is 2.27. The van der Waals surface area contributed by atoms with Crippen LogP contribution in [0.1, 0.15) is 21.5 Å². The van der Waals surface area contributed by atoms with Crippen LogP contribution < -0.4 is 14.2 Å². The Morgan fingerprint density at radius 2 is 1.54 bits per heavy atom. The Morgan fingerprint density at radius 3 is 2.19 bits per heavy atom. The van der Waals surface area contributed by atoms with Gasteiger partial charge in [-0.1, -0.05) is 17.7 Å². The number of hydrogen-bond donors (Lipinski definition) is 0.